The zero-order valence-electron chi connectivity index (χ0n) is 10.8. The van der Waals surface area contributed by atoms with Crippen LogP contribution in [0.15, 0.2) is 0 Å². The fourth-order valence-electron chi connectivity index (χ4n) is 3.00. The number of nitrogens with two attached hydrogens (primary N) is 1. The fraction of sp³-hybridized carbons (Fsp3) is 0.929. The second-order valence-corrected chi connectivity index (χ2v) is 5.77. The largest absolute Gasteiger partial charge is 0.353 e. The van der Waals surface area contributed by atoms with Crippen molar-refractivity contribution in [1.29, 1.82) is 0 Å². The van der Waals surface area contributed by atoms with Crippen LogP contribution in [0.25, 0.3) is 0 Å². The van der Waals surface area contributed by atoms with Crippen LogP contribution in [0.4, 0.5) is 0 Å². The van der Waals surface area contributed by atoms with Crippen LogP contribution in [0.5, 0.6) is 0 Å². The Hall–Kier alpha value is -0.570. The molecule has 1 atom stereocenters. The summed E-state index contributed by atoms with van der Waals surface area (Å²) in [6, 6.07) is 0.494. The number of amides is 1. The van der Waals surface area contributed by atoms with Crippen molar-refractivity contribution < 1.29 is 4.79 Å². The van der Waals surface area contributed by atoms with E-state index < -0.39 is 0 Å². The van der Waals surface area contributed by atoms with Gasteiger partial charge in [0.05, 0.1) is 0 Å². The molecule has 2 fully saturated rings. The average molecular weight is 238 g/mol. The maximum Gasteiger partial charge on any atom is 0.220 e. The van der Waals surface area contributed by atoms with E-state index >= 15 is 0 Å². The second-order valence-electron chi connectivity index (χ2n) is 5.77. The maximum absolute atomic E-state index is 11.6. The van der Waals surface area contributed by atoms with Crippen molar-refractivity contribution in [2.24, 2.45) is 17.6 Å². The highest BCUT2D eigenvalue weighted by molar-refractivity contribution is 5.76. The van der Waals surface area contributed by atoms with Crippen molar-refractivity contribution in [2.75, 3.05) is 6.54 Å². The lowest BCUT2D eigenvalue weighted by Crippen LogP contribution is -2.29. The molecular formula is C14H26N2O. The zero-order chi connectivity index (χ0) is 12.1. The predicted octanol–water partition coefficient (Wildman–Crippen LogP) is 2.20. The van der Waals surface area contributed by atoms with Crippen molar-refractivity contribution >= 4 is 5.91 Å². The molecule has 0 aromatic rings. The predicted molar refractivity (Wildman–Crippen MR) is 69.5 cm³/mol. The fourth-order valence-corrected chi connectivity index (χ4v) is 3.00. The Morgan fingerprint density at radius 3 is 2.47 bits per heavy atom. The van der Waals surface area contributed by atoms with Gasteiger partial charge in [-0.2, -0.15) is 0 Å². The zero-order valence-corrected chi connectivity index (χ0v) is 10.8. The standard InChI is InChI=1S/C14H26N2O/c15-10-12(11-4-2-1-3-5-11)6-9-14(17)16-13-7-8-13/h11-13H,1-10,15H2,(H,16,17). The Morgan fingerprint density at radius 2 is 1.88 bits per heavy atom. The maximum atomic E-state index is 11.6. The number of hydrogen-bond donors (Lipinski definition) is 2. The SMILES string of the molecule is NCC(CCC(=O)NC1CC1)C1CCCCC1. The molecule has 2 rings (SSSR count). The Balaban J connectivity index is 1.68. The molecule has 0 bridgehead atoms. The average Bonchev–Trinajstić information content (AvgIpc) is 3.15. The first kappa shape index (κ1) is 12.9. The Kier molecular flexibility index (Phi) is 4.84. The first-order chi connectivity index (χ1) is 8.29. The smallest absolute Gasteiger partial charge is 0.220 e. The third kappa shape index (κ3) is 4.30. The Labute approximate surface area is 105 Å². The molecule has 3 heteroatoms. The highest BCUT2D eigenvalue weighted by Gasteiger charge is 2.25. The van der Waals surface area contributed by atoms with E-state index in [1.165, 1.54) is 44.9 Å². The quantitative estimate of drug-likeness (QED) is 0.745. The van der Waals surface area contributed by atoms with Gasteiger partial charge < -0.3 is 11.1 Å². The van der Waals surface area contributed by atoms with E-state index in [1.54, 1.807) is 0 Å². The lowest BCUT2D eigenvalue weighted by atomic mass is 9.78. The Bertz CT molecular complexity index is 245. The van der Waals surface area contributed by atoms with Gasteiger partial charge in [0, 0.05) is 12.5 Å². The van der Waals surface area contributed by atoms with Crippen LogP contribution in [0.1, 0.15) is 57.8 Å². The molecular weight excluding hydrogens is 212 g/mol. The molecule has 0 radical (unpaired) electrons. The molecule has 98 valence electrons. The molecule has 0 aromatic heterocycles. The van der Waals surface area contributed by atoms with Gasteiger partial charge in [0.2, 0.25) is 5.91 Å². The molecule has 3 nitrogen and oxygen atoms in total. The van der Waals surface area contributed by atoms with E-state index in [4.69, 9.17) is 5.73 Å². The van der Waals surface area contributed by atoms with Gasteiger partial charge in [0.1, 0.15) is 0 Å². The summed E-state index contributed by atoms with van der Waals surface area (Å²) < 4.78 is 0. The van der Waals surface area contributed by atoms with Crippen LogP contribution in [0.2, 0.25) is 0 Å². The number of carbonyl (C=O) groups excluding carboxylic acids is 1. The van der Waals surface area contributed by atoms with Gasteiger partial charge in [-0.3, -0.25) is 4.79 Å². The van der Waals surface area contributed by atoms with Crippen molar-refractivity contribution in [3.8, 4) is 0 Å². The third-order valence-corrected chi connectivity index (χ3v) is 4.30. The summed E-state index contributed by atoms with van der Waals surface area (Å²) >= 11 is 0. The number of carbonyl (C=O) groups is 1. The van der Waals surface area contributed by atoms with E-state index in [0.29, 0.717) is 18.4 Å². The summed E-state index contributed by atoms with van der Waals surface area (Å²) in [4.78, 5) is 11.6. The highest BCUT2D eigenvalue weighted by Crippen LogP contribution is 2.31. The number of nitrogens with one attached hydrogen (secondary N) is 1. The topological polar surface area (TPSA) is 55.1 Å². The van der Waals surface area contributed by atoms with Gasteiger partial charge in [0.15, 0.2) is 0 Å². The van der Waals surface area contributed by atoms with Gasteiger partial charge in [-0.05, 0) is 37.6 Å². The molecule has 0 spiro atoms. The van der Waals surface area contributed by atoms with Crippen molar-refractivity contribution in [3.63, 3.8) is 0 Å². The minimum absolute atomic E-state index is 0.238. The molecule has 1 unspecified atom stereocenters. The lowest BCUT2D eigenvalue weighted by Gasteiger charge is -2.29. The van der Waals surface area contributed by atoms with Gasteiger partial charge in [-0.25, -0.2) is 0 Å². The van der Waals surface area contributed by atoms with Crippen molar-refractivity contribution in [2.45, 2.75) is 63.8 Å². The number of hydrogen-bond acceptors (Lipinski definition) is 2. The van der Waals surface area contributed by atoms with Crippen LogP contribution in [0, 0.1) is 11.8 Å². The molecule has 17 heavy (non-hydrogen) atoms. The molecule has 3 N–H and O–H groups in total. The molecule has 1 amide bonds. The van der Waals surface area contributed by atoms with Gasteiger partial charge >= 0.3 is 0 Å². The van der Waals surface area contributed by atoms with E-state index in [2.05, 4.69) is 5.32 Å². The van der Waals surface area contributed by atoms with Gasteiger partial charge in [-0.15, -0.1) is 0 Å². The summed E-state index contributed by atoms with van der Waals surface area (Å²) in [6.45, 7) is 0.751. The summed E-state index contributed by atoms with van der Waals surface area (Å²) in [6.07, 6.45) is 10.8. The van der Waals surface area contributed by atoms with Gasteiger partial charge in [-0.1, -0.05) is 32.1 Å². The summed E-state index contributed by atoms with van der Waals surface area (Å²) in [5.74, 6) is 1.59. The summed E-state index contributed by atoms with van der Waals surface area (Å²) in [5, 5.41) is 3.06. The second kappa shape index (κ2) is 6.39. The highest BCUT2D eigenvalue weighted by atomic mass is 16.1. The van der Waals surface area contributed by atoms with Crippen molar-refractivity contribution in [1.82, 2.24) is 5.32 Å². The molecule has 0 saturated heterocycles. The first-order valence-corrected chi connectivity index (χ1v) is 7.29. The van der Waals surface area contributed by atoms with E-state index in [9.17, 15) is 4.79 Å². The summed E-state index contributed by atoms with van der Waals surface area (Å²) in [5.41, 5.74) is 5.87. The lowest BCUT2D eigenvalue weighted by molar-refractivity contribution is -0.121. The van der Waals surface area contributed by atoms with E-state index in [-0.39, 0.29) is 5.91 Å². The van der Waals surface area contributed by atoms with Gasteiger partial charge in [0.25, 0.3) is 0 Å². The minimum Gasteiger partial charge on any atom is -0.353 e. The molecule has 2 aliphatic carbocycles. The Morgan fingerprint density at radius 1 is 1.18 bits per heavy atom. The monoisotopic (exact) mass is 238 g/mol. The van der Waals surface area contributed by atoms with E-state index in [1.807, 2.05) is 0 Å². The van der Waals surface area contributed by atoms with Crippen LogP contribution >= 0.6 is 0 Å². The molecule has 0 aromatic carbocycles. The van der Waals surface area contributed by atoms with E-state index in [0.717, 1.165) is 18.9 Å². The van der Waals surface area contributed by atoms with Crippen LogP contribution in [-0.2, 0) is 4.79 Å². The minimum atomic E-state index is 0.238. The third-order valence-electron chi connectivity index (χ3n) is 4.30. The normalized spacial score (nSPS) is 23.4. The number of rotatable bonds is 6. The first-order valence-electron chi connectivity index (χ1n) is 7.29. The van der Waals surface area contributed by atoms with Crippen LogP contribution in [-0.4, -0.2) is 18.5 Å². The molecule has 0 aliphatic heterocycles. The van der Waals surface area contributed by atoms with Crippen molar-refractivity contribution in [3.05, 3.63) is 0 Å². The molecule has 2 saturated carbocycles. The van der Waals surface area contributed by atoms with Crippen LogP contribution in [0.3, 0.4) is 0 Å². The molecule has 2 aliphatic rings. The molecule has 0 heterocycles. The summed E-state index contributed by atoms with van der Waals surface area (Å²) in [7, 11) is 0. The van der Waals surface area contributed by atoms with Crippen LogP contribution < -0.4 is 11.1 Å².